The van der Waals surface area contributed by atoms with Crippen LogP contribution in [0.25, 0.3) is 0 Å². The SMILES string of the molecule is CC1CC(Oc2nccc(C(=O)O)n2)CC(C)O1. The molecule has 0 amide bonds. The van der Waals surface area contributed by atoms with Crippen molar-refractivity contribution in [3.63, 3.8) is 0 Å². The number of carboxylic acids is 1. The van der Waals surface area contributed by atoms with Crippen LogP contribution in [-0.2, 0) is 4.74 Å². The Balaban J connectivity index is 2.04. The van der Waals surface area contributed by atoms with Crippen LogP contribution in [0, 0.1) is 0 Å². The molecule has 1 saturated heterocycles. The third-order valence-electron chi connectivity index (χ3n) is 2.78. The highest BCUT2D eigenvalue weighted by molar-refractivity contribution is 5.85. The van der Waals surface area contributed by atoms with Gasteiger partial charge in [-0.3, -0.25) is 0 Å². The fraction of sp³-hybridized carbons (Fsp3) is 0.583. The van der Waals surface area contributed by atoms with Gasteiger partial charge in [0.1, 0.15) is 6.10 Å². The van der Waals surface area contributed by atoms with E-state index < -0.39 is 5.97 Å². The molecule has 1 aliphatic rings. The molecule has 2 atom stereocenters. The number of hydrogen-bond acceptors (Lipinski definition) is 5. The topological polar surface area (TPSA) is 81.5 Å². The molecular weight excluding hydrogens is 236 g/mol. The molecule has 1 aromatic heterocycles. The zero-order valence-corrected chi connectivity index (χ0v) is 10.4. The first kappa shape index (κ1) is 12.8. The fourth-order valence-electron chi connectivity index (χ4n) is 2.11. The van der Waals surface area contributed by atoms with Crippen molar-refractivity contribution in [2.45, 2.75) is 45.0 Å². The maximum Gasteiger partial charge on any atom is 0.354 e. The molecule has 6 nitrogen and oxygen atoms in total. The number of carbonyl (C=O) groups is 1. The number of aromatic carboxylic acids is 1. The van der Waals surface area contributed by atoms with Crippen LogP contribution < -0.4 is 4.74 Å². The highest BCUT2D eigenvalue weighted by atomic mass is 16.5. The Morgan fingerprint density at radius 1 is 1.44 bits per heavy atom. The molecule has 98 valence electrons. The second kappa shape index (κ2) is 5.30. The third-order valence-corrected chi connectivity index (χ3v) is 2.78. The van der Waals surface area contributed by atoms with Crippen molar-refractivity contribution >= 4 is 5.97 Å². The van der Waals surface area contributed by atoms with Gasteiger partial charge in [-0.15, -0.1) is 0 Å². The monoisotopic (exact) mass is 252 g/mol. The molecule has 1 N–H and O–H groups in total. The summed E-state index contributed by atoms with van der Waals surface area (Å²) in [6, 6.07) is 1.45. The Kier molecular flexibility index (Phi) is 3.76. The quantitative estimate of drug-likeness (QED) is 0.878. The van der Waals surface area contributed by atoms with Crippen LogP contribution in [0.3, 0.4) is 0 Å². The predicted octanol–water partition coefficient (Wildman–Crippen LogP) is 1.51. The van der Waals surface area contributed by atoms with Gasteiger partial charge in [-0.05, 0) is 19.9 Å². The van der Waals surface area contributed by atoms with Gasteiger partial charge in [0.25, 0.3) is 0 Å². The van der Waals surface area contributed by atoms with Gasteiger partial charge in [0.2, 0.25) is 0 Å². The summed E-state index contributed by atoms with van der Waals surface area (Å²) in [5.41, 5.74) is -0.0619. The summed E-state index contributed by atoms with van der Waals surface area (Å²) in [4.78, 5) is 18.6. The van der Waals surface area contributed by atoms with E-state index in [4.69, 9.17) is 14.6 Å². The van der Waals surface area contributed by atoms with Crippen molar-refractivity contribution in [2.75, 3.05) is 0 Å². The average molecular weight is 252 g/mol. The molecule has 0 spiro atoms. The lowest BCUT2D eigenvalue weighted by Crippen LogP contribution is -2.36. The lowest BCUT2D eigenvalue weighted by molar-refractivity contribution is -0.0739. The molecule has 2 rings (SSSR count). The number of carboxylic acid groups (broad SMARTS) is 1. The first-order valence-electron chi connectivity index (χ1n) is 5.93. The van der Waals surface area contributed by atoms with Gasteiger partial charge in [-0.25, -0.2) is 9.78 Å². The van der Waals surface area contributed by atoms with Crippen LogP contribution in [0.15, 0.2) is 12.3 Å². The molecule has 6 heteroatoms. The minimum absolute atomic E-state index is 0.0344. The predicted molar refractivity (Wildman–Crippen MR) is 62.7 cm³/mol. The lowest BCUT2D eigenvalue weighted by Gasteiger charge is -2.31. The van der Waals surface area contributed by atoms with Gasteiger partial charge in [-0.2, -0.15) is 4.98 Å². The molecule has 0 saturated carbocycles. The summed E-state index contributed by atoms with van der Waals surface area (Å²) < 4.78 is 11.2. The smallest absolute Gasteiger partial charge is 0.354 e. The normalized spacial score (nSPS) is 27.8. The summed E-state index contributed by atoms with van der Waals surface area (Å²) in [6.07, 6.45) is 3.11. The summed E-state index contributed by atoms with van der Waals surface area (Å²) in [5, 5.41) is 8.83. The van der Waals surface area contributed by atoms with Crippen molar-refractivity contribution < 1.29 is 19.4 Å². The van der Waals surface area contributed by atoms with Gasteiger partial charge >= 0.3 is 12.0 Å². The van der Waals surface area contributed by atoms with Gasteiger partial charge in [0.05, 0.1) is 12.2 Å². The fourth-order valence-corrected chi connectivity index (χ4v) is 2.11. The van der Waals surface area contributed by atoms with Gasteiger partial charge in [-0.1, -0.05) is 0 Å². The summed E-state index contributed by atoms with van der Waals surface area (Å²) in [5.74, 6) is -1.09. The van der Waals surface area contributed by atoms with Crippen molar-refractivity contribution in [1.29, 1.82) is 0 Å². The number of hydrogen-bond donors (Lipinski definition) is 1. The molecular formula is C12H16N2O4. The minimum Gasteiger partial charge on any atom is -0.477 e. The van der Waals surface area contributed by atoms with Crippen LogP contribution in [0.1, 0.15) is 37.2 Å². The number of ether oxygens (including phenoxy) is 2. The van der Waals surface area contributed by atoms with Crippen molar-refractivity contribution in [1.82, 2.24) is 9.97 Å². The molecule has 1 aromatic rings. The zero-order valence-electron chi connectivity index (χ0n) is 10.4. The highest BCUT2D eigenvalue weighted by Crippen LogP contribution is 2.22. The van der Waals surface area contributed by atoms with Crippen LogP contribution >= 0.6 is 0 Å². The van der Waals surface area contributed by atoms with E-state index in [1.807, 2.05) is 13.8 Å². The van der Waals surface area contributed by atoms with Crippen LogP contribution in [-0.4, -0.2) is 39.4 Å². The lowest BCUT2D eigenvalue weighted by atomic mass is 10.0. The molecule has 18 heavy (non-hydrogen) atoms. The molecule has 1 aliphatic heterocycles. The van der Waals surface area contributed by atoms with Crippen LogP contribution in [0.4, 0.5) is 0 Å². The first-order valence-corrected chi connectivity index (χ1v) is 5.93. The maximum absolute atomic E-state index is 10.8. The van der Waals surface area contributed by atoms with E-state index in [1.165, 1.54) is 12.3 Å². The number of nitrogens with zero attached hydrogens (tertiary/aromatic N) is 2. The Morgan fingerprint density at radius 2 is 2.11 bits per heavy atom. The largest absolute Gasteiger partial charge is 0.477 e. The molecule has 2 heterocycles. The minimum atomic E-state index is -1.09. The van der Waals surface area contributed by atoms with E-state index in [0.717, 1.165) is 12.8 Å². The summed E-state index contributed by atoms with van der Waals surface area (Å²) in [6.45, 7) is 3.97. The van der Waals surface area contributed by atoms with Gasteiger partial charge in [0, 0.05) is 19.0 Å². The van der Waals surface area contributed by atoms with E-state index in [9.17, 15) is 4.79 Å². The van der Waals surface area contributed by atoms with Crippen molar-refractivity contribution in [3.05, 3.63) is 18.0 Å². The zero-order chi connectivity index (χ0) is 13.1. The van der Waals surface area contributed by atoms with Gasteiger partial charge in [0.15, 0.2) is 5.69 Å². The highest BCUT2D eigenvalue weighted by Gasteiger charge is 2.26. The van der Waals surface area contributed by atoms with Gasteiger partial charge < -0.3 is 14.6 Å². The third kappa shape index (κ3) is 3.16. The van der Waals surface area contributed by atoms with Crippen LogP contribution in [0.2, 0.25) is 0 Å². The second-order valence-corrected chi connectivity index (χ2v) is 4.50. The Hall–Kier alpha value is -1.69. The molecule has 1 fully saturated rings. The molecule has 0 bridgehead atoms. The Bertz CT molecular complexity index is 428. The van der Waals surface area contributed by atoms with E-state index in [0.29, 0.717) is 0 Å². The van der Waals surface area contributed by atoms with E-state index in [-0.39, 0.29) is 30.0 Å². The Morgan fingerprint density at radius 3 is 2.72 bits per heavy atom. The van der Waals surface area contributed by atoms with E-state index in [2.05, 4.69) is 9.97 Å². The number of aromatic nitrogens is 2. The summed E-state index contributed by atoms with van der Waals surface area (Å²) in [7, 11) is 0. The average Bonchev–Trinajstić information content (AvgIpc) is 2.27. The maximum atomic E-state index is 10.8. The Labute approximate surface area is 105 Å². The van der Waals surface area contributed by atoms with Crippen molar-refractivity contribution in [3.8, 4) is 6.01 Å². The van der Waals surface area contributed by atoms with Crippen LogP contribution in [0.5, 0.6) is 6.01 Å². The summed E-state index contributed by atoms with van der Waals surface area (Å²) >= 11 is 0. The molecule has 2 unspecified atom stereocenters. The molecule has 0 aromatic carbocycles. The van der Waals surface area contributed by atoms with E-state index >= 15 is 0 Å². The second-order valence-electron chi connectivity index (χ2n) is 4.50. The standard InChI is InChI=1S/C12H16N2O4/c1-7-5-9(6-8(2)17-7)18-12-13-4-3-10(14-12)11(15)16/h3-4,7-9H,5-6H2,1-2H3,(H,15,16). The van der Waals surface area contributed by atoms with Crippen molar-refractivity contribution in [2.24, 2.45) is 0 Å². The molecule has 0 aliphatic carbocycles. The number of rotatable bonds is 3. The first-order chi connectivity index (χ1) is 8.54. The van der Waals surface area contributed by atoms with E-state index in [1.54, 1.807) is 0 Å². The molecule has 0 radical (unpaired) electrons.